The second-order valence-corrected chi connectivity index (χ2v) is 6.37. The summed E-state index contributed by atoms with van der Waals surface area (Å²) >= 11 is 0. The topological polar surface area (TPSA) is 62.7 Å². The molecule has 5 aromatic rings. The number of aromatic amines is 1. The van der Waals surface area contributed by atoms with E-state index in [1.54, 1.807) is 12.5 Å². The standard InChI is InChI=1S/C22H16N4O/c27-22(24-15-5-3-6-16(13-15)26-12-11-23-14-26)19-9-4-8-18-17-7-1-2-10-20(17)25-21(18)19/h1-14,25H,(H,24,27). The highest BCUT2D eigenvalue weighted by atomic mass is 16.1. The van der Waals surface area contributed by atoms with E-state index in [-0.39, 0.29) is 5.91 Å². The number of H-pyrrole nitrogens is 1. The van der Waals surface area contributed by atoms with Gasteiger partial charge in [-0.05, 0) is 30.3 Å². The number of carbonyl (C=O) groups is 1. The zero-order valence-corrected chi connectivity index (χ0v) is 14.4. The van der Waals surface area contributed by atoms with Gasteiger partial charge in [0.2, 0.25) is 0 Å². The Morgan fingerprint density at radius 3 is 2.70 bits per heavy atom. The lowest BCUT2D eigenvalue weighted by molar-refractivity contribution is 0.102. The van der Waals surface area contributed by atoms with Crippen LogP contribution in [-0.2, 0) is 0 Å². The number of carbonyl (C=O) groups excluding carboxylic acids is 1. The maximum atomic E-state index is 13.0. The van der Waals surface area contributed by atoms with Crippen molar-refractivity contribution >= 4 is 33.4 Å². The van der Waals surface area contributed by atoms with Crippen molar-refractivity contribution in [3.8, 4) is 5.69 Å². The lowest BCUT2D eigenvalue weighted by atomic mass is 10.1. The maximum Gasteiger partial charge on any atom is 0.257 e. The quantitative estimate of drug-likeness (QED) is 0.492. The molecule has 0 fully saturated rings. The average molecular weight is 352 g/mol. The van der Waals surface area contributed by atoms with Crippen molar-refractivity contribution in [3.63, 3.8) is 0 Å². The van der Waals surface area contributed by atoms with E-state index >= 15 is 0 Å². The minimum absolute atomic E-state index is 0.144. The van der Waals surface area contributed by atoms with Crippen molar-refractivity contribution in [3.05, 3.63) is 91.0 Å². The van der Waals surface area contributed by atoms with Crippen LogP contribution in [-0.4, -0.2) is 20.4 Å². The highest BCUT2D eigenvalue weighted by Crippen LogP contribution is 2.28. The van der Waals surface area contributed by atoms with Crippen LogP contribution in [0.2, 0.25) is 0 Å². The fraction of sp³-hybridized carbons (Fsp3) is 0. The smallest absolute Gasteiger partial charge is 0.257 e. The van der Waals surface area contributed by atoms with E-state index in [9.17, 15) is 4.79 Å². The van der Waals surface area contributed by atoms with E-state index in [0.717, 1.165) is 33.2 Å². The molecule has 0 atom stereocenters. The highest BCUT2D eigenvalue weighted by molar-refractivity contribution is 6.17. The van der Waals surface area contributed by atoms with Crippen LogP contribution in [0.25, 0.3) is 27.5 Å². The third kappa shape index (κ3) is 2.66. The predicted molar refractivity (Wildman–Crippen MR) is 107 cm³/mol. The molecule has 2 N–H and O–H groups in total. The number of fused-ring (bicyclic) bond motifs is 3. The molecule has 5 heteroatoms. The van der Waals surface area contributed by atoms with Gasteiger partial charge in [-0.2, -0.15) is 0 Å². The fourth-order valence-corrected chi connectivity index (χ4v) is 3.42. The molecule has 0 saturated heterocycles. The van der Waals surface area contributed by atoms with Crippen LogP contribution in [0.5, 0.6) is 0 Å². The van der Waals surface area contributed by atoms with Gasteiger partial charge in [0.15, 0.2) is 0 Å². The van der Waals surface area contributed by atoms with Crippen molar-refractivity contribution in [1.82, 2.24) is 14.5 Å². The number of aromatic nitrogens is 3. The number of benzene rings is 3. The molecule has 0 aliphatic rings. The van der Waals surface area contributed by atoms with Crippen molar-refractivity contribution in [2.75, 3.05) is 5.32 Å². The van der Waals surface area contributed by atoms with Crippen molar-refractivity contribution in [2.45, 2.75) is 0 Å². The summed E-state index contributed by atoms with van der Waals surface area (Å²) < 4.78 is 1.90. The Balaban J connectivity index is 1.52. The minimum Gasteiger partial charge on any atom is -0.354 e. The minimum atomic E-state index is -0.144. The number of amides is 1. The van der Waals surface area contributed by atoms with Crippen molar-refractivity contribution in [2.24, 2.45) is 0 Å². The monoisotopic (exact) mass is 352 g/mol. The van der Waals surface area contributed by atoms with Crippen LogP contribution >= 0.6 is 0 Å². The molecular formula is C22H16N4O. The lowest BCUT2D eigenvalue weighted by Gasteiger charge is -2.09. The van der Waals surface area contributed by atoms with Gasteiger partial charge < -0.3 is 14.9 Å². The number of nitrogens with zero attached hydrogens (tertiary/aromatic N) is 2. The zero-order chi connectivity index (χ0) is 18.2. The number of hydrogen-bond donors (Lipinski definition) is 2. The van der Waals surface area contributed by atoms with Gasteiger partial charge in [-0.3, -0.25) is 4.79 Å². The van der Waals surface area contributed by atoms with Crippen molar-refractivity contribution in [1.29, 1.82) is 0 Å². The molecule has 0 spiro atoms. The van der Waals surface area contributed by atoms with Gasteiger partial charge >= 0.3 is 0 Å². The molecule has 5 nitrogen and oxygen atoms in total. The van der Waals surface area contributed by atoms with E-state index in [0.29, 0.717) is 5.56 Å². The number of imidazole rings is 1. The molecule has 0 unspecified atom stereocenters. The second-order valence-electron chi connectivity index (χ2n) is 6.37. The number of rotatable bonds is 3. The molecule has 0 aliphatic carbocycles. The summed E-state index contributed by atoms with van der Waals surface area (Å²) in [6.07, 6.45) is 5.32. The van der Waals surface area contributed by atoms with E-state index < -0.39 is 0 Å². The normalized spacial score (nSPS) is 11.1. The van der Waals surface area contributed by atoms with Crippen molar-refractivity contribution < 1.29 is 4.79 Å². The number of para-hydroxylation sites is 2. The van der Waals surface area contributed by atoms with Gasteiger partial charge in [-0.15, -0.1) is 0 Å². The van der Waals surface area contributed by atoms with Crippen LogP contribution < -0.4 is 5.32 Å². The molecular weight excluding hydrogens is 336 g/mol. The zero-order valence-electron chi connectivity index (χ0n) is 14.4. The Morgan fingerprint density at radius 1 is 0.963 bits per heavy atom. The summed E-state index contributed by atoms with van der Waals surface area (Å²) in [4.78, 5) is 20.4. The summed E-state index contributed by atoms with van der Waals surface area (Å²) in [6, 6.07) is 21.5. The predicted octanol–water partition coefficient (Wildman–Crippen LogP) is 4.76. The molecule has 0 radical (unpaired) electrons. The van der Waals surface area contributed by atoms with Gasteiger partial charge in [0.1, 0.15) is 0 Å². The maximum absolute atomic E-state index is 13.0. The molecule has 130 valence electrons. The average Bonchev–Trinajstić information content (AvgIpc) is 3.36. The summed E-state index contributed by atoms with van der Waals surface area (Å²) in [5.74, 6) is -0.144. The number of anilines is 1. The number of nitrogens with one attached hydrogen (secondary N) is 2. The van der Waals surface area contributed by atoms with Gasteiger partial charge in [0.25, 0.3) is 5.91 Å². The Morgan fingerprint density at radius 2 is 1.81 bits per heavy atom. The van der Waals surface area contributed by atoms with Gasteiger partial charge in [-0.1, -0.05) is 36.4 Å². The first kappa shape index (κ1) is 15.4. The van der Waals surface area contributed by atoms with Gasteiger partial charge in [0, 0.05) is 40.1 Å². The van der Waals surface area contributed by atoms with E-state index in [1.165, 1.54) is 0 Å². The Hall–Kier alpha value is -3.86. The molecule has 3 aromatic carbocycles. The van der Waals surface area contributed by atoms with Gasteiger partial charge in [0.05, 0.1) is 17.4 Å². The van der Waals surface area contributed by atoms with Gasteiger partial charge in [-0.25, -0.2) is 4.98 Å². The van der Waals surface area contributed by atoms with E-state index in [2.05, 4.69) is 21.4 Å². The van der Waals surface area contributed by atoms with Crippen LogP contribution in [0.15, 0.2) is 85.5 Å². The molecule has 2 heterocycles. The fourth-order valence-electron chi connectivity index (χ4n) is 3.42. The Bertz CT molecular complexity index is 1270. The largest absolute Gasteiger partial charge is 0.354 e. The first-order valence-corrected chi connectivity index (χ1v) is 8.69. The van der Waals surface area contributed by atoms with E-state index in [1.807, 2.05) is 71.4 Å². The molecule has 0 bridgehead atoms. The van der Waals surface area contributed by atoms with Crippen LogP contribution in [0.4, 0.5) is 5.69 Å². The van der Waals surface area contributed by atoms with E-state index in [4.69, 9.17) is 0 Å². The third-order valence-electron chi connectivity index (χ3n) is 4.69. The first-order valence-electron chi connectivity index (χ1n) is 8.69. The summed E-state index contributed by atoms with van der Waals surface area (Å²) in [7, 11) is 0. The molecule has 1 amide bonds. The summed E-state index contributed by atoms with van der Waals surface area (Å²) in [5.41, 5.74) is 4.17. The molecule has 0 aliphatic heterocycles. The van der Waals surface area contributed by atoms with Crippen LogP contribution in [0.3, 0.4) is 0 Å². The summed E-state index contributed by atoms with van der Waals surface area (Å²) in [5, 5.41) is 5.17. The second kappa shape index (κ2) is 6.14. The highest BCUT2D eigenvalue weighted by Gasteiger charge is 2.14. The Labute approximate surface area is 155 Å². The van der Waals surface area contributed by atoms with Crippen LogP contribution in [0, 0.1) is 0 Å². The molecule has 5 rings (SSSR count). The molecule has 27 heavy (non-hydrogen) atoms. The lowest BCUT2D eigenvalue weighted by Crippen LogP contribution is -2.12. The molecule has 0 saturated carbocycles. The molecule has 2 aromatic heterocycles. The number of hydrogen-bond acceptors (Lipinski definition) is 2. The van der Waals surface area contributed by atoms with Crippen LogP contribution in [0.1, 0.15) is 10.4 Å². The summed E-state index contributed by atoms with van der Waals surface area (Å²) in [6.45, 7) is 0. The third-order valence-corrected chi connectivity index (χ3v) is 4.69. The Kier molecular flexibility index (Phi) is 3.50. The first-order chi connectivity index (χ1) is 13.3. The SMILES string of the molecule is O=C(Nc1cccc(-n2ccnc2)c1)c1cccc2c1[nH]c1ccccc12.